The third kappa shape index (κ3) is 5.90. The number of rotatable bonds is 8. The highest BCUT2D eigenvalue weighted by Gasteiger charge is 2.20. The van der Waals surface area contributed by atoms with Crippen LogP contribution in [0.2, 0.25) is 0 Å². The lowest BCUT2D eigenvalue weighted by atomic mass is 9.95. The molecule has 0 amide bonds. The van der Waals surface area contributed by atoms with Crippen molar-refractivity contribution in [2.45, 2.75) is 6.92 Å². The summed E-state index contributed by atoms with van der Waals surface area (Å²) in [6.07, 6.45) is 6.24. The summed E-state index contributed by atoms with van der Waals surface area (Å²) in [6, 6.07) is 63.0. The molecule has 0 fully saturated rings. The molecule has 0 aliphatic rings. The van der Waals surface area contributed by atoms with E-state index in [1.165, 1.54) is 53.2 Å². The summed E-state index contributed by atoms with van der Waals surface area (Å²) in [5.41, 5.74) is 11.7. The maximum Gasteiger partial charge on any atom is 0.159 e. The molecule has 0 radical (unpaired) electrons. The number of thiophene rings is 1. The van der Waals surface area contributed by atoms with Gasteiger partial charge in [-0.3, -0.25) is 0 Å². The standard InChI is InChI=1S/C53H37NOS/c1-3-13-38(32-35(2)43-21-11-15-37-14-4-5-18-44(37)43)39-16-10-17-42(33-39)54(49-23-12-22-47-45-19-6-8-24-50(45)55-53(47)49)41-29-26-36(27-30-41)40-28-31-52-48(34-40)46-20-7-9-25-51(46)56-52/h3-34H,1H2,2H3/b35-32+,38-13+. The Morgan fingerprint density at radius 1 is 0.571 bits per heavy atom. The van der Waals surface area contributed by atoms with Gasteiger partial charge in [0.05, 0.1) is 5.69 Å². The van der Waals surface area contributed by atoms with Gasteiger partial charge in [-0.2, -0.15) is 0 Å². The number of hydrogen-bond acceptors (Lipinski definition) is 3. The Bertz CT molecular complexity index is 3170. The monoisotopic (exact) mass is 735 g/mol. The molecule has 10 rings (SSSR count). The van der Waals surface area contributed by atoms with Crippen LogP contribution in [-0.4, -0.2) is 0 Å². The molecule has 2 aromatic heterocycles. The van der Waals surface area contributed by atoms with Gasteiger partial charge in [-0.15, -0.1) is 11.3 Å². The highest BCUT2D eigenvalue weighted by molar-refractivity contribution is 7.25. The largest absolute Gasteiger partial charge is 0.454 e. The molecule has 0 saturated heterocycles. The molecule has 0 N–H and O–H groups in total. The van der Waals surface area contributed by atoms with Gasteiger partial charge in [0.2, 0.25) is 0 Å². The van der Waals surface area contributed by atoms with E-state index in [9.17, 15) is 0 Å². The average molecular weight is 736 g/mol. The predicted octanol–water partition coefficient (Wildman–Crippen LogP) is 15.9. The highest BCUT2D eigenvalue weighted by atomic mass is 32.1. The molecule has 2 nitrogen and oxygen atoms in total. The Hall–Kier alpha value is -6.94. The van der Waals surface area contributed by atoms with Crippen molar-refractivity contribution >= 4 is 92.4 Å². The van der Waals surface area contributed by atoms with Gasteiger partial charge in [-0.1, -0.05) is 146 Å². The zero-order valence-corrected chi connectivity index (χ0v) is 31.8. The van der Waals surface area contributed by atoms with E-state index in [1.54, 1.807) is 0 Å². The highest BCUT2D eigenvalue weighted by Crippen LogP contribution is 2.44. The van der Waals surface area contributed by atoms with E-state index >= 15 is 0 Å². The van der Waals surface area contributed by atoms with Crippen molar-refractivity contribution < 1.29 is 4.42 Å². The lowest BCUT2D eigenvalue weighted by molar-refractivity contribution is 0.669. The normalized spacial score (nSPS) is 12.3. The summed E-state index contributed by atoms with van der Waals surface area (Å²) in [6.45, 7) is 6.29. The minimum atomic E-state index is 0.853. The molecule has 0 aliphatic carbocycles. The molecule has 10 aromatic rings. The Morgan fingerprint density at radius 2 is 1.27 bits per heavy atom. The van der Waals surface area contributed by atoms with Crippen LogP contribution >= 0.6 is 11.3 Å². The van der Waals surface area contributed by atoms with Crippen molar-refractivity contribution in [1.82, 2.24) is 0 Å². The first-order chi connectivity index (χ1) is 27.6. The van der Waals surface area contributed by atoms with Gasteiger partial charge in [-0.05, 0) is 106 Å². The smallest absolute Gasteiger partial charge is 0.159 e. The molecule has 56 heavy (non-hydrogen) atoms. The quantitative estimate of drug-likeness (QED) is 0.145. The van der Waals surface area contributed by atoms with Gasteiger partial charge in [-0.25, -0.2) is 0 Å². The molecule has 0 saturated carbocycles. The third-order valence-electron chi connectivity index (χ3n) is 10.8. The van der Waals surface area contributed by atoms with E-state index in [2.05, 4.69) is 194 Å². The summed E-state index contributed by atoms with van der Waals surface area (Å²) in [4.78, 5) is 2.32. The summed E-state index contributed by atoms with van der Waals surface area (Å²) >= 11 is 1.85. The molecular weight excluding hydrogens is 699 g/mol. The SMILES string of the molecule is C=C/C=C(\C=C(/C)c1cccc2ccccc12)c1cccc(N(c2ccc(-c3ccc4sc5ccccc5c4c3)cc2)c2cccc3c2oc2ccccc23)c1. The number of benzene rings is 8. The maximum absolute atomic E-state index is 6.65. The van der Waals surface area contributed by atoms with Crippen LogP contribution in [0.5, 0.6) is 0 Å². The Balaban J connectivity index is 1.10. The first kappa shape index (κ1) is 33.6. The van der Waals surface area contributed by atoms with Crippen molar-refractivity contribution in [2.24, 2.45) is 0 Å². The third-order valence-corrected chi connectivity index (χ3v) is 11.9. The van der Waals surface area contributed by atoms with Crippen molar-refractivity contribution in [1.29, 1.82) is 0 Å². The van der Waals surface area contributed by atoms with Gasteiger partial charge in [0.1, 0.15) is 5.58 Å². The van der Waals surface area contributed by atoms with Crippen molar-refractivity contribution in [3.8, 4) is 11.1 Å². The molecule has 0 spiro atoms. The van der Waals surface area contributed by atoms with E-state index < -0.39 is 0 Å². The number of nitrogens with zero attached hydrogens (tertiary/aromatic N) is 1. The van der Waals surface area contributed by atoms with Crippen LogP contribution in [0.1, 0.15) is 18.1 Å². The van der Waals surface area contributed by atoms with E-state index in [0.29, 0.717) is 0 Å². The number of anilines is 3. The Morgan fingerprint density at radius 3 is 2.14 bits per heavy atom. The molecule has 266 valence electrons. The second-order valence-corrected chi connectivity index (χ2v) is 15.3. The number of para-hydroxylation sites is 2. The van der Waals surface area contributed by atoms with Crippen LogP contribution in [0.3, 0.4) is 0 Å². The van der Waals surface area contributed by atoms with Crippen molar-refractivity contribution in [3.05, 3.63) is 212 Å². The van der Waals surface area contributed by atoms with Crippen molar-refractivity contribution in [3.63, 3.8) is 0 Å². The fourth-order valence-corrected chi connectivity index (χ4v) is 9.19. The number of hydrogen-bond donors (Lipinski definition) is 0. The minimum Gasteiger partial charge on any atom is -0.454 e. The Labute approximate surface area is 330 Å². The first-order valence-corrected chi connectivity index (χ1v) is 19.8. The maximum atomic E-state index is 6.65. The topological polar surface area (TPSA) is 16.4 Å². The van der Waals surface area contributed by atoms with Crippen LogP contribution in [0, 0.1) is 0 Å². The van der Waals surface area contributed by atoms with E-state index in [-0.39, 0.29) is 0 Å². The molecule has 8 aromatic carbocycles. The molecule has 0 aliphatic heterocycles. The van der Waals surface area contributed by atoms with E-state index in [4.69, 9.17) is 4.42 Å². The zero-order valence-electron chi connectivity index (χ0n) is 30.9. The zero-order chi connectivity index (χ0) is 37.6. The van der Waals surface area contributed by atoms with Crippen molar-refractivity contribution in [2.75, 3.05) is 4.90 Å². The molecule has 2 heterocycles. The van der Waals surface area contributed by atoms with Crippen LogP contribution in [0.25, 0.3) is 75.2 Å². The Kier molecular flexibility index (Phi) is 8.43. The lowest BCUT2D eigenvalue weighted by Gasteiger charge is -2.26. The molecular formula is C53H37NOS. The van der Waals surface area contributed by atoms with Gasteiger partial charge in [0.15, 0.2) is 5.58 Å². The fraction of sp³-hybridized carbons (Fsp3) is 0.0189. The minimum absolute atomic E-state index is 0.853. The van der Waals surface area contributed by atoms with E-state index in [1.807, 2.05) is 29.5 Å². The number of fused-ring (bicyclic) bond motifs is 7. The van der Waals surface area contributed by atoms with Crippen LogP contribution < -0.4 is 4.90 Å². The summed E-state index contributed by atoms with van der Waals surface area (Å²) in [5, 5.41) is 7.28. The fourth-order valence-electron chi connectivity index (χ4n) is 8.10. The van der Waals surface area contributed by atoms with Gasteiger partial charge in [0, 0.05) is 42.3 Å². The predicted molar refractivity (Wildman–Crippen MR) is 243 cm³/mol. The van der Waals surface area contributed by atoms with Gasteiger partial charge in [0.25, 0.3) is 0 Å². The van der Waals surface area contributed by atoms with Crippen LogP contribution in [0.4, 0.5) is 17.1 Å². The molecule has 0 bridgehead atoms. The lowest BCUT2D eigenvalue weighted by Crippen LogP contribution is -2.10. The summed E-state index contributed by atoms with van der Waals surface area (Å²) in [7, 11) is 0. The average Bonchev–Trinajstić information content (AvgIpc) is 3.82. The first-order valence-electron chi connectivity index (χ1n) is 18.9. The summed E-state index contributed by atoms with van der Waals surface area (Å²) < 4.78 is 9.27. The molecule has 0 unspecified atom stereocenters. The van der Waals surface area contributed by atoms with Crippen LogP contribution in [0.15, 0.2) is 205 Å². The second-order valence-electron chi connectivity index (χ2n) is 14.2. The molecule has 3 heteroatoms. The van der Waals surface area contributed by atoms with Crippen LogP contribution in [-0.2, 0) is 0 Å². The van der Waals surface area contributed by atoms with Gasteiger partial charge < -0.3 is 9.32 Å². The van der Waals surface area contributed by atoms with Gasteiger partial charge >= 0.3 is 0 Å². The second kappa shape index (κ2) is 14.0. The molecule has 0 atom stereocenters. The number of allylic oxidation sites excluding steroid dienone is 5. The summed E-state index contributed by atoms with van der Waals surface area (Å²) in [5.74, 6) is 0. The number of furan rings is 1. The van der Waals surface area contributed by atoms with E-state index in [0.717, 1.165) is 50.1 Å².